The van der Waals surface area contributed by atoms with Crippen LogP contribution < -0.4 is 5.56 Å². The largest absolute Gasteiger partial charge is 0.506 e. The number of rotatable bonds is 3. The third kappa shape index (κ3) is 2.16. The molecule has 1 heterocycles. The monoisotopic (exact) mass is 293 g/mol. The molecule has 0 fully saturated rings. The molecule has 0 aliphatic carbocycles. The predicted molar refractivity (Wildman–Crippen MR) is 78.6 cm³/mol. The van der Waals surface area contributed by atoms with Crippen LogP contribution in [0.4, 0.5) is 0 Å². The highest BCUT2D eigenvalue weighted by atomic mass is 32.2. The van der Waals surface area contributed by atoms with Gasteiger partial charge in [0.05, 0.1) is 17.5 Å². The van der Waals surface area contributed by atoms with Crippen molar-refractivity contribution >= 4 is 28.6 Å². The van der Waals surface area contributed by atoms with Gasteiger partial charge in [0.1, 0.15) is 5.75 Å². The summed E-state index contributed by atoms with van der Waals surface area (Å²) in [6.07, 6.45) is 1.86. The fraction of sp³-hybridized carbons (Fsp3) is 0.286. The molecule has 1 aromatic heterocycles. The Morgan fingerprint density at radius 3 is 2.75 bits per heavy atom. The maximum absolute atomic E-state index is 12.2. The third-order valence-electron chi connectivity index (χ3n) is 3.06. The number of hydrogen-bond donors (Lipinski definition) is 1. The summed E-state index contributed by atoms with van der Waals surface area (Å²) in [7, 11) is 1.57. The molecule has 106 valence electrons. The SMILES string of the molecule is CCOC(=O)c1c(O)c2c(SC)cccc2n(C)c1=O. The van der Waals surface area contributed by atoms with Crippen LogP contribution in [0.15, 0.2) is 27.9 Å². The van der Waals surface area contributed by atoms with Gasteiger partial charge in [-0.1, -0.05) is 6.07 Å². The van der Waals surface area contributed by atoms with E-state index in [2.05, 4.69) is 0 Å². The van der Waals surface area contributed by atoms with Gasteiger partial charge in [-0.3, -0.25) is 4.79 Å². The second kappa shape index (κ2) is 5.58. The number of carbonyl (C=O) groups is 1. The van der Waals surface area contributed by atoms with E-state index in [-0.39, 0.29) is 17.9 Å². The quantitative estimate of drug-likeness (QED) is 0.693. The molecule has 6 heteroatoms. The van der Waals surface area contributed by atoms with Gasteiger partial charge in [-0.15, -0.1) is 11.8 Å². The number of aryl methyl sites for hydroxylation is 1. The normalized spacial score (nSPS) is 10.8. The van der Waals surface area contributed by atoms with Gasteiger partial charge in [0, 0.05) is 11.9 Å². The minimum Gasteiger partial charge on any atom is -0.506 e. The maximum Gasteiger partial charge on any atom is 0.347 e. The number of esters is 1. The molecule has 0 radical (unpaired) electrons. The van der Waals surface area contributed by atoms with E-state index < -0.39 is 11.5 Å². The lowest BCUT2D eigenvalue weighted by Crippen LogP contribution is -2.26. The van der Waals surface area contributed by atoms with Gasteiger partial charge in [-0.2, -0.15) is 0 Å². The van der Waals surface area contributed by atoms with Crippen LogP contribution >= 0.6 is 11.8 Å². The van der Waals surface area contributed by atoms with Crippen LogP contribution in [0.5, 0.6) is 5.75 Å². The summed E-state index contributed by atoms with van der Waals surface area (Å²) in [4.78, 5) is 24.9. The van der Waals surface area contributed by atoms with Crippen molar-refractivity contribution in [1.29, 1.82) is 0 Å². The fourth-order valence-corrected chi connectivity index (χ4v) is 2.72. The van der Waals surface area contributed by atoms with Gasteiger partial charge >= 0.3 is 5.97 Å². The molecule has 0 aliphatic heterocycles. The Labute approximate surface area is 120 Å². The summed E-state index contributed by atoms with van der Waals surface area (Å²) in [6, 6.07) is 5.36. The molecule has 0 saturated heterocycles. The highest BCUT2D eigenvalue weighted by molar-refractivity contribution is 7.98. The molecular formula is C14H15NO4S. The first-order valence-corrected chi connectivity index (χ1v) is 7.31. The minimum atomic E-state index is -0.802. The second-order valence-corrected chi connectivity index (χ2v) is 5.01. The smallest absolute Gasteiger partial charge is 0.347 e. The predicted octanol–water partition coefficient (Wildman–Crippen LogP) is 2.14. The molecule has 0 atom stereocenters. The summed E-state index contributed by atoms with van der Waals surface area (Å²) < 4.78 is 6.20. The second-order valence-electron chi connectivity index (χ2n) is 4.16. The van der Waals surface area contributed by atoms with E-state index in [4.69, 9.17) is 4.74 Å². The van der Waals surface area contributed by atoms with Crippen molar-refractivity contribution < 1.29 is 14.6 Å². The average molecular weight is 293 g/mol. The standard InChI is InChI=1S/C14H15NO4S/c1-4-19-14(18)11-12(16)10-8(15(2)13(11)17)6-5-7-9(10)20-3/h5-7,16H,4H2,1-3H3. The van der Waals surface area contributed by atoms with E-state index in [0.717, 1.165) is 4.90 Å². The Hall–Kier alpha value is -1.95. The summed E-state index contributed by atoms with van der Waals surface area (Å²) in [5, 5.41) is 10.8. The topological polar surface area (TPSA) is 68.5 Å². The summed E-state index contributed by atoms with van der Waals surface area (Å²) in [6.45, 7) is 1.79. The molecular weight excluding hydrogens is 278 g/mol. The molecule has 0 unspecified atom stereocenters. The van der Waals surface area contributed by atoms with Crippen molar-refractivity contribution in [1.82, 2.24) is 4.57 Å². The van der Waals surface area contributed by atoms with Crippen LogP contribution in [0.3, 0.4) is 0 Å². The van der Waals surface area contributed by atoms with E-state index in [1.54, 1.807) is 26.1 Å². The van der Waals surface area contributed by atoms with Gasteiger partial charge in [-0.05, 0) is 25.3 Å². The molecule has 20 heavy (non-hydrogen) atoms. The number of aromatic hydroxyl groups is 1. The zero-order valence-electron chi connectivity index (χ0n) is 11.5. The number of nitrogens with zero attached hydrogens (tertiary/aromatic N) is 1. The molecule has 1 aromatic carbocycles. The number of aromatic nitrogens is 1. The van der Waals surface area contributed by atoms with Crippen molar-refractivity contribution in [2.75, 3.05) is 12.9 Å². The molecule has 5 nitrogen and oxygen atoms in total. The van der Waals surface area contributed by atoms with Crippen molar-refractivity contribution in [3.63, 3.8) is 0 Å². The maximum atomic E-state index is 12.2. The number of fused-ring (bicyclic) bond motifs is 1. The fourth-order valence-electron chi connectivity index (χ4n) is 2.10. The molecule has 0 amide bonds. The Morgan fingerprint density at radius 1 is 1.45 bits per heavy atom. The highest BCUT2D eigenvalue weighted by Crippen LogP contribution is 2.34. The summed E-state index contributed by atoms with van der Waals surface area (Å²) in [5.41, 5.74) is -0.303. The van der Waals surface area contributed by atoms with E-state index in [0.29, 0.717) is 10.9 Å². The van der Waals surface area contributed by atoms with E-state index in [9.17, 15) is 14.7 Å². The van der Waals surface area contributed by atoms with Gasteiger partial charge in [0.2, 0.25) is 0 Å². The van der Waals surface area contributed by atoms with Gasteiger partial charge in [0.15, 0.2) is 5.56 Å². The Morgan fingerprint density at radius 2 is 2.15 bits per heavy atom. The van der Waals surface area contributed by atoms with Crippen LogP contribution in [0.2, 0.25) is 0 Å². The first kappa shape index (κ1) is 14.5. The van der Waals surface area contributed by atoms with Crippen LogP contribution in [-0.2, 0) is 11.8 Å². The third-order valence-corrected chi connectivity index (χ3v) is 3.84. The Balaban J connectivity index is 2.91. The van der Waals surface area contributed by atoms with Crippen molar-refractivity contribution in [3.8, 4) is 5.75 Å². The molecule has 0 saturated carbocycles. The Kier molecular flexibility index (Phi) is 4.04. The number of pyridine rings is 1. The van der Waals surface area contributed by atoms with Crippen molar-refractivity contribution in [2.45, 2.75) is 11.8 Å². The van der Waals surface area contributed by atoms with Crippen molar-refractivity contribution in [2.24, 2.45) is 7.05 Å². The Bertz CT molecular complexity index is 736. The lowest BCUT2D eigenvalue weighted by molar-refractivity contribution is 0.0520. The summed E-state index contributed by atoms with van der Waals surface area (Å²) >= 11 is 1.43. The lowest BCUT2D eigenvalue weighted by Gasteiger charge is -2.13. The first-order valence-electron chi connectivity index (χ1n) is 6.08. The molecule has 0 bridgehead atoms. The average Bonchev–Trinajstić information content (AvgIpc) is 2.44. The van der Waals surface area contributed by atoms with E-state index >= 15 is 0 Å². The van der Waals surface area contributed by atoms with E-state index in [1.165, 1.54) is 16.3 Å². The van der Waals surface area contributed by atoms with Gasteiger partial charge in [0.25, 0.3) is 5.56 Å². The number of thioether (sulfide) groups is 1. The first-order chi connectivity index (χ1) is 9.52. The molecule has 1 N–H and O–H groups in total. The lowest BCUT2D eigenvalue weighted by atomic mass is 10.1. The van der Waals surface area contributed by atoms with Crippen LogP contribution in [0.1, 0.15) is 17.3 Å². The summed E-state index contributed by atoms with van der Waals surface area (Å²) in [5.74, 6) is -1.12. The van der Waals surface area contributed by atoms with Crippen LogP contribution in [0, 0.1) is 0 Å². The zero-order valence-corrected chi connectivity index (χ0v) is 12.3. The van der Waals surface area contributed by atoms with Gasteiger partial charge in [-0.25, -0.2) is 4.79 Å². The van der Waals surface area contributed by atoms with E-state index in [1.807, 2.05) is 12.3 Å². The van der Waals surface area contributed by atoms with Crippen LogP contribution in [0.25, 0.3) is 10.9 Å². The highest BCUT2D eigenvalue weighted by Gasteiger charge is 2.23. The van der Waals surface area contributed by atoms with Crippen LogP contribution in [-0.4, -0.2) is 28.5 Å². The molecule has 0 spiro atoms. The number of ether oxygens (including phenoxy) is 1. The zero-order chi connectivity index (χ0) is 14.9. The number of hydrogen-bond acceptors (Lipinski definition) is 5. The molecule has 0 aliphatic rings. The number of benzene rings is 1. The van der Waals surface area contributed by atoms with Crippen molar-refractivity contribution in [3.05, 3.63) is 34.1 Å². The van der Waals surface area contributed by atoms with Gasteiger partial charge < -0.3 is 14.4 Å². The molecule has 2 aromatic rings. The molecule has 2 rings (SSSR count). The number of carbonyl (C=O) groups excluding carboxylic acids is 1. The minimum absolute atomic E-state index is 0.142.